The average molecular weight is 414 g/mol. The first kappa shape index (κ1) is 20.9. The highest BCUT2D eigenvalue weighted by Crippen LogP contribution is 2.47. The summed E-state index contributed by atoms with van der Waals surface area (Å²) in [6.45, 7) is 0. The van der Waals surface area contributed by atoms with Crippen molar-refractivity contribution in [2.24, 2.45) is 0 Å². The molecule has 0 heterocycles. The molecular weight excluding hydrogens is 402 g/mol. The van der Waals surface area contributed by atoms with Crippen molar-refractivity contribution in [1.29, 1.82) is 0 Å². The lowest BCUT2D eigenvalue weighted by Gasteiger charge is -2.19. The van der Waals surface area contributed by atoms with Gasteiger partial charge in [-0.1, -0.05) is 0 Å². The Hall–Kier alpha value is -2.36. The summed E-state index contributed by atoms with van der Waals surface area (Å²) in [5.41, 5.74) is -1.86. The third-order valence-corrected chi connectivity index (χ3v) is 4.22. The summed E-state index contributed by atoms with van der Waals surface area (Å²) in [6.07, 6.45) is -5.26. The van der Waals surface area contributed by atoms with Crippen LogP contribution in [0.5, 0.6) is 23.0 Å². The number of methoxy groups -OCH3 is 2. The van der Waals surface area contributed by atoms with Crippen LogP contribution in [0.15, 0.2) is 24.3 Å². The first-order chi connectivity index (χ1) is 12.4. The molecule has 0 saturated heterocycles. The zero-order valence-electron chi connectivity index (χ0n) is 13.7. The molecule has 2 N–H and O–H groups in total. The molecule has 0 aliphatic heterocycles. The molecule has 0 unspecified atom stereocenters. The van der Waals surface area contributed by atoms with Crippen molar-refractivity contribution in [3.8, 4) is 23.0 Å². The minimum atomic E-state index is -5.26. The molecule has 12 heteroatoms. The number of alkyl halides is 3. The summed E-state index contributed by atoms with van der Waals surface area (Å²) >= 11 is 0. The van der Waals surface area contributed by atoms with Crippen molar-refractivity contribution in [2.75, 3.05) is 14.2 Å². The van der Waals surface area contributed by atoms with E-state index in [1.54, 1.807) is 0 Å². The van der Waals surface area contributed by atoms with Crippen molar-refractivity contribution < 1.29 is 50.5 Å². The molecule has 0 fully saturated rings. The van der Waals surface area contributed by atoms with Gasteiger partial charge in [-0.15, -0.1) is 0 Å². The molecule has 0 aliphatic rings. The van der Waals surface area contributed by atoms with Crippen molar-refractivity contribution in [1.82, 2.24) is 0 Å². The fourth-order valence-corrected chi connectivity index (χ4v) is 2.75. The highest BCUT2D eigenvalue weighted by Gasteiger charge is 2.42. The quantitative estimate of drug-likeness (QED) is 0.575. The Morgan fingerprint density at radius 3 is 1.93 bits per heavy atom. The second-order valence-electron chi connectivity index (χ2n) is 5.09. The molecule has 0 atom stereocenters. The normalized spacial score (nSPS) is 12.0. The first-order valence-electron chi connectivity index (χ1n) is 6.94. The first-order valence-corrected chi connectivity index (χ1v) is 8.56. The molecule has 0 amide bonds. The Balaban J connectivity index is 2.70. The average Bonchev–Trinajstić information content (AvgIpc) is 2.54. The molecule has 0 saturated carbocycles. The van der Waals surface area contributed by atoms with Crippen LogP contribution >= 0.6 is 7.60 Å². The van der Waals surface area contributed by atoms with Gasteiger partial charge in [-0.3, -0.25) is 4.57 Å². The van der Waals surface area contributed by atoms with Crippen LogP contribution in [0.1, 0.15) is 5.56 Å². The van der Waals surface area contributed by atoms with Crippen molar-refractivity contribution in [3.05, 3.63) is 41.5 Å². The van der Waals surface area contributed by atoms with Gasteiger partial charge in [-0.2, -0.15) is 13.2 Å². The predicted octanol–water partition coefficient (Wildman–Crippen LogP) is 3.60. The maximum Gasteiger partial charge on any atom is 0.423 e. The molecule has 0 aliphatic carbocycles. The van der Waals surface area contributed by atoms with Gasteiger partial charge in [0.15, 0.2) is 23.1 Å². The summed E-state index contributed by atoms with van der Waals surface area (Å²) in [4.78, 5) is 18.5. The molecule has 6 nitrogen and oxygen atoms in total. The van der Waals surface area contributed by atoms with E-state index in [1.165, 1.54) is 0 Å². The van der Waals surface area contributed by atoms with Crippen LogP contribution in [0.2, 0.25) is 0 Å². The molecule has 2 rings (SSSR count). The van der Waals surface area contributed by atoms with Crippen LogP contribution in [0, 0.1) is 11.6 Å². The third-order valence-electron chi connectivity index (χ3n) is 3.29. The van der Waals surface area contributed by atoms with Gasteiger partial charge < -0.3 is 24.0 Å². The largest absolute Gasteiger partial charge is 0.497 e. The standard InChI is InChI=1S/C15H12F5O6P/c1-24-7-3-8(5-9(4-7)27(21,22)23)26-14-11(17)6-10(16)13(25-2)12(14)15(18,19)20/h3-6H,1-2H3,(H2,21,22,23). The van der Waals surface area contributed by atoms with Crippen LogP contribution in [0.4, 0.5) is 22.0 Å². The van der Waals surface area contributed by atoms with E-state index in [2.05, 4.69) is 4.74 Å². The molecule has 0 bridgehead atoms. The van der Waals surface area contributed by atoms with E-state index in [1.807, 2.05) is 0 Å². The van der Waals surface area contributed by atoms with Crippen LogP contribution in [0.25, 0.3) is 0 Å². The number of rotatable bonds is 5. The van der Waals surface area contributed by atoms with Gasteiger partial charge in [-0.25, -0.2) is 8.78 Å². The van der Waals surface area contributed by atoms with Crippen LogP contribution < -0.4 is 19.5 Å². The molecule has 2 aromatic carbocycles. The summed E-state index contributed by atoms with van der Waals surface area (Å²) < 4.78 is 93.1. The van der Waals surface area contributed by atoms with Crippen LogP contribution in [0.3, 0.4) is 0 Å². The Labute approximate surface area is 149 Å². The van der Waals surface area contributed by atoms with E-state index >= 15 is 0 Å². The maximum atomic E-state index is 14.1. The lowest BCUT2D eigenvalue weighted by molar-refractivity contribution is -0.140. The zero-order chi connectivity index (χ0) is 20.6. The second-order valence-corrected chi connectivity index (χ2v) is 6.69. The molecule has 0 radical (unpaired) electrons. The number of hydrogen-bond acceptors (Lipinski definition) is 4. The van der Waals surface area contributed by atoms with E-state index in [-0.39, 0.29) is 11.8 Å². The van der Waals surface area contributed by atoms with E-state index in [0.29, 0.717) is 6.07 Å². The Morgan fingerprint density at radius 1 is 0.889 bits per heavy atom. The lowest BCUT2D eigenvalue weighted by Crippen LogP contribution is -2.13. The topological polar surface area (TPSA) is 85.2 Å². The fraction of sp³-hybridized carbons (Fsp3) is 0.200. The highest BCUT2D eigenvalue weighted by atomic mass is 31.2. The summed E-state index contributed by atoms with van der Waals surface area (Å²) in [7, 11) is -2.94. The van der Waals surface area contributed by atoms with Gasteiger partial charge in [0.05, 0.1) is 19.5 Å². The predicted molar refractivity (Wildman–Crippen MR) is 82.7 cm³/mol. The van der Waals surface area contributed by atoms with Crippen LogP contribution in [-0.2, 0) is 10.7 Å². The van der Waals surface area contributed by atoms with Crippen molar-refractivity contribution in [2.45, 2.75) is 6.18 Å². The van der Waals surface area contributed by atoms with Crippen molar-refractivity contribution >= 4 is 12.9 Å². The van der Waals surface area contributed by atoms with Gasteiger partial charge in [-0.05, 0) is 12.1 Å². The number of ether oxygens (including phenoxy) is 3. The van der Waals surface area contributed by atoms with E-state index < -0.39 is 53.5 Å². The minimum absolute atomic E-state index is 0.132. The molecule has 0 spiro atoms. The molecular formula is C15H12F5O6P. The summed E-state index contributed by atoms with van der Waals surface area (Å²) in [5.74, 6) is -6.76. The molecule has 27 heavy (non-hydrogen) atoms. The monoisotopic (exact) mass is 414 g/mol. The fourth-order valence-electron chi connectivity index (χ4n) is 2.16. The van der Waals surface area contributed by atoms with Crippen LogP contribution in [-0.4, -0.2) is 24.0 Å². The van der Waals surface area contributed by atoms with Crippen molar-refractivity contribution in [3.63, 3.8) is 0 Å². The van der Waals surface area contributed by atoms with Gasteiger partial charge in [0.25, 0.3) is 0 Å². The van der Waals surface area contributed by atoms with Gasteiger partial charge in [0.1, 0.15) is 17.1 Å². The Morgan fingerprint density at radius 2 is 1.44 bits per heavy atom. The lowest BCUT2D eigenvalue weighted by atomic mass is 10.1. The summed E-state index contributed by atoms with van der Waals surface area (Å²) in [6, 6.07) is 2.74. The number of benzene rings is 2. The molecule has 148 valence electrons. The summed E-state index contributed by atoms with van der Waals surface area (Å²) in [5, 5.41) is -0.639. The Bertz CT molecular complexity index is 909. The highest BCUT2D eigenvalue weighted by molar-refractivity contribution is 7.60. The minimum Gasteiger partial charge on any atom is -0.497 e. The molecule has 2 aromatic rings. The Kier molecular flexibility index (Phi) is 5.69. The zero-order valence-corrected chi connectivity index (χ0v) is 14.6. The van der Waals surface area contributed by atoms with Gasteiger partial charge in [0, 0.05) is 12.1 Å². The smallest absolute Gasteiger partial charge is 0.423 e. The van der Waals surface area contributed by atoms with Gasteiger partial charge >= 0.3 is 13.8 Å². The number of halogens is 5. The van der Waals surface area contributed by atoms with E-state index in [9.17, 15) is 36.3 Å². The van der Waals surface area contributed by atoms with E-state index in [4.69, 9.17) is 9.47 Å². The van der Waals surface area contributed by atoms with E-state index in [0.717, 1.165) is 26.4 Å². The number of hydrogen-bond donors (Lipinski definition) is 2. The van der Waals surface area contributed by atoms with Gasteiger partial charge in [0.2, 0.25) is 0 Å². The second kappa shape index (κ2) is 7.34. The molecule has 0 aromatic heterocycles. The maximum absolute atomic E-state index is 14.1. The third kappa shape index (κ3) is 4.49. The SMILES string of the molecule is COc1cc(Oc2c(F)cc(F)c(OC)c2C(F)(F)F)cc(P(=O)(O)O)c1.